The van der Waals surface area contributed by atoms with Crippen LogP contribution in [0.25, 0.3) is 22.2 Å². The molecule has 2 atom stereocenters. The van der Waals surface area contributed by atoms with Crippen LogP contribution >= 0.6 is 0 Å². The first kappa shape index (κ1) is 39.1. The summed E-state index contributed by atoms with van der Waals surface area (Å²) >= 11 is 0. The number of nitrogens with one attached hydrogen (secondary N) is 2. The Labute approximate surface area is 292 Å². The van der Waals surface area contributed by atoms with E-state index in [1.165, 1.54) is 27.8 Å². The van der Waals surface area contributed by atoms with Gasteiger partial charge in [0.15, 0.2) is 9.84 Å². The highest BCUT2D eigenvalue weighted by atomic mass is 32.2. The summed E-state index contributed by atoms with van der Waals surface area (Å²) in [5.41, 5.74) is -2.10. The Morgan fingerprint density at radius 2 is 1.78 bits per heavy atom. The summed E-state index contributed by atoms with van der Waals surface area (Å²) in [5, 5.41) is 6.20. The second kappa shape index (κ2) is 14.9. The summed E-state index contributed by atoms with van der Waals surface area (Å²) in [6.07, 6.45) is -1.74. The van der Waals surface area contributed by atoms with Gasteiger partial charge < -0.3 is 29.6 Å². The van der Waals surface area contributed by atoms with E-state index in [9.17, 15) is 31.2 Å². The second-order valence-corrected chi connectivity index (χ2v) is 22.4. The van der Waals surface area contributed by atoms with Crippen molar-refractivity contribution in [2.24, 2.45) is 0 Å². The summed E-state index contributed by atoms with van der Waals surface area (Å²) in [6.45, 7) is 14.1. The van der Waals surface area contributed by atoms with Crippen LogP contribution in [0.2, 0.25) is 25.7 Å². The van der Waals surface area contributed by atoms with E-state index in [-0.39, 0.29) is 59.5 Å². The van der Waals surface area contributed by atoms with Crippen LogP contribution in [-0.4, -0.2) is 91.6 Å². The summed E-state index contributed by atoms with van der Waals surface area (Å²) in [4.78, 5) is 35.0. The molecule has 3 aromatic rings. The van der Waals surface area contributed by atoms with Crippen molar-refractivity contribution in [3.63, 3.8) is 0 Å². The summed E-state index contributed by atoms with van der Waals surface area (Å²) < 4.78 is 82.2. The van der Waals surface area contributed by atoms with Gasteiger partial charge in [0.2, 0.25) is 11.9 Å². The molecule has 0 spiro atoms. The van der Waals surface area contributed by atoms with Crippen LogP contribution in [-0.2, 0) is 37.0 Å². The molecule has 0 aliphatic carbocycles. The molecule has 1 fully saturated rings. The number of likely N-dealkylation sites (tertiary alicyclic amines) is 1. The van der Waals surface area contributed by atoms with Crippen molar-refractivity contribution < 1.29 is 40.7 Å². The van der Waals surface area contributed by atoms with Crippen molar-refractivity contribution in [2.75, 3.05) is 31.3 Å². The number of hydrogen-bond acceptors (Lipinski definition) is 9. The molecule has 50 heavy (non-hydrogen) atoms. The van der Waals surface area contributed by atoms with E-state index in [0.29, 0.717) is 19.2 Å². The lowest BCUT2D eigenvalue weighted by Crippen LogP contribution is -2.56. The molecule has 2 amide bonds. The van der Waals surface area contributed by atoms with E-state index < -0.39 is 59.1 Å². The summed E-state index contributed by atoms with van der Waals surface area (Å²) in [7, 11) is -5.24. The highest BCUT2D eigenvalue weighted by Gasteiger charge is 2.38. The zero-order valence-corrected chi connectivity index (χ0v) is 31.6. The number of amides is 2. The molecule has 1 aliphatic heterocycles. The standard InChI is InChI=1S/C33H47F3N6O6SSi/c1-9-27(43)38-21-15-22(18-41(17-21)31(44)48-32(2,3)4)39-30-37-16-25(33(34,35)36)28(40-30)24-19-42(20-47-13-14-50(6,7)8)29-23(24)11-10-12-26(29)49(5,45)46/h10-12,16,19,21-22H,9,13-15,17-18,20H2,1-8H3,(H,38,43)(H,37,39,40)/t21-,22+/m1/s1. The maximum atomic E-state index is 14.5. The fourth-order valence-electron chi connectivity index (χ4n) is 5.62. The third-order valence-electron chi connectivity index (χ3n) is 7.96. The number of sulfone groups is 1. The van der Waals surface area contributed by atoms with E-state index in [2.05, 4.69) is 40.2 Å². The first-order chi connectivity index (χ1) is 23.1. The van der Waals surface area contributed by atoms with Crippen LogP contribution in [0.5, 0.6) is 0 Å². The van der Waals surface area contributed by atoms with E-state index in [4.69, 9.17) is 9.47 Å². The van der Waals surface area contributed by atoms with Crippen LogP contribution in [0, 0.1) is 0 Å². The normalized spacial score (nSPS) is 17.5. The third kappa shape index (κ3) is 10.2. The number of carbonyl (C=O) groups is 2. The Morgan fingerprint density at radius 1 is 1.10 bits per heavy atom. The van der Waals surface area contributed by atoms with Gasteiger partial charge in [-0.15, -0.1) is 0 Å². The average molecular weight is 741 g/mol. The lowest BCUT2D eigenvalue weighted by molar-refractivity contribution is -0.137. The number of ether oxygens (including phenoxy) is 2. The van der Waals surface area contributed by atoms with E-state index >= 15 is 0 Å². The Morgan fingerprint density at radius 3 is 2.38 bits per heavy atom. The molecular weight excluding hydrogens is 694 g/mol. The predicted octanol–water partition coefficient (Wildman–Crippen LogP) is 6.15. The summed E-state index contributed by atoms with van der Waals surface area (Å²) in [5.74, 6) is -0.363. The van der Waals surface area contributed by atoms with Crippen LogP contribution < -0.4 is 10.6 Å². The predicted molar refractivity (Wildman–Crippen MR) is 187 cm³/mol. The molecule has 0 bridgehead atoms. The number of nitrogens with zero attached hydrogens (tertiary/aromatic N) is 4. The number of hydrogen-bond donors (Lipinski definition) is 2. The van der Waals surface area contributed by atoms with Gasteiger partial charge in [-0.3, -0.25) is 4.79 Å². The Hall–Kier alpha value is -3.70. The maximum Gasteiger partial charge on any atom is 0.419 e. The molecule has 0 saturated carbocycles. The smallest absolute Gasteiger partial charge is 0.419 e. The lowest BCUT2D eigenvalue weighted by atomic mass is 10.0. The van der Waals surface area contributed by atoms with Crippen molar-refractivity contribution in [2.45, 2.75) is 102 Å². The molecule has 0 radical (unpaired) electrons. The molecule has 4 rings (SSSR count). The van der Waals surface area contributed by atoms with Gasteiger partial charge in [0, 0.05) is 75.9 Å². The van der Waals surface area contributed by atoms with Crippen LogP contribution in [0.1, 0.15) is 46.1 Å². The third-order valence-corrected chi connectivity index (χ3v) is 10.8. The molecule has 12 nitrogen and oxygen atoms in total. The van der Waals surface area contributed by atoms with E-state index in [0.717, 1.165) is 12.3 Å². The minimum Gasteiger partial charge on any atom is -0.444 e. The van der Waals surface area contributed by atoms with Crippen molar-refractivity contribution in [3.8, 4) is 11.3 Å². The quantitative estimate of drug-likeness (QED) is 0.175. The number of benzene rings is 1. The highest BCUT2D eigenvalue weighted by molar-refractivity contribution is 7.91. The second-order valence-electron chi connectivity index (χ2n) is 14.8. The van der Waals surface area contributed by atoms with Gasteiger partial charge in [-0.2, -0.15) is 13.2 Å². The minimum absolute atomic E-state index is 0.0455. The number of anilines is 1. The minimum atomic E-state index is -4.85. The lowest BCUT2D eigenvalue weighted by Gasteiger charge is -2.38. The fraction of sp³-hybridized carbons (Fsp3) is 0.576. The largest absolute Gasteiger partial charge is 0.444 e. The SMILES string of the molecule is CCC(=O)N[C@@H]1C[C@H](Nc2ncc(C(F)(F)F)c(-c3cn(COCC[Si](C)(C)C)c4c(S(C)(=O)=O)cccc34)n2)CN(C(=O)OC(C)(C)C)C1. The zero-order valence-electron chi connectivity index (χ0n) is 29.8. The van der Waals surface area contributed by atoms with E-state index in [1.807, 2.05) is 0 Å². The number of aromatic nitrogens is 3. The molecule has 1 aromatic carbocycles. The number of piperidine rings is 1. The average Bonchev–Trinajstić information content (AvgIpc) is 3.35. The van der Waals surface area contributed by atoms with Crippen LogP contribution in [0.15, 0.2) is 35.5 Å². The van der Waals surface area contributed by atoms with Gasteiger partial charge in [0.1, 0.15) is 17.9 Å². The first-order valence-corrected chi connectivity index (χ1v) is 22.0. The molecule has 2 N–H and O–H groups in total. The molecular formula is C33H47F3N6O6SSi. The molecule has 0 unspecified atom stereocenters. The molecule has 1 aliphatic rings. The van der Waals surface area contributed by atoms with Gasteiger partial charge in [0.05, 0.1) is 16.1 Å². The maximum absolute atomic E-state index is 14.5. The van der Waals surface area contributed by atoms with Crippen molar-refractivity contribution >= 4 is 46.8 Å². The summed E-state index contributed by atoms with van der Waals surface area (Å²) in [6, 6.07) is 4.24. The first-order valence-electron chi connectivity index (χ1n) is 16.4. The fourth-order valence-corrected chi connectivity index (χ4v) is 7.28. The zero-order chi connectivity index (χ0) is 37.2. The van der Waals surface area contributed by atoms with Gasteiger partial charge in [0.25, 0.3) is 0 Å². The molecule has 276 valence electrons. The van der Waals surface area contributed by atoms with Crippen LogP contribution in [0.3, 0.4) is 0 Å². The number of halogens is 3. The topological polar surface area (TPSA) is 145 Å². The molecule has 2 aromatic heterocycles. The number of alkyl halides is 3. The van der Waals surface area contributed by atoms with Gasteiger partial charge in [-0.05, 0) is 39.3 Å². The van der Waals surface area contributed by atoms with Crippen molar-refractivity contribution in [1.29, 1.82) is 0 Å². The number of carbonyl (C=O) groups excluding carboxylic acids is 2. The number of rotatable bonds is 11. The van der Waals surface area contributed by atoms with Gasteiger partial charge in [-0.25, -0.2) is 23.2 Å². The molecule has 3 heterocycles. The highest BCUT2D eigenvalue weighted by Crippen LogP contribution is 2.41. The van der Waals surface area contributed by atoms with Gasteiger partial charge in [-0.1, -0.05) is 38.7 Å². The van der Waals surface area contributed by atoms with Crippen molar-refractivity contribution in [3.05, 3.63) is 36.2 Å². The Kier molecular flexibility index (Phi) is 11.6. The Balaban J connectivity index is 1.77. The Bertz CT molecular complexity index is 1820. The van der Waals surface area contributed by atoms with Gasteiger partial charge >= 0.3 is 12.3 Å². The molecule has 17 heteroatoms. The molecule has 1 saturated heterocycles. The van der Waals surface area contributed by atoms with Crippen molar-refractivity contribution in [1.82, 2.24) is 24.8 Å². The van der Waals surface area contributed by atoms with Crippen LogP contribution in [0.4, 0.5) is 23.9 Å². The number of fused-ring (bicyclic) bond motifs is 1. The van der Waals surface area contributed by atoms with E-state index in [1.54, 1.807) is 33.8 Å². The monoisotopic (exact) mass is 740 g/mol. The number of para-hydroxylation sites is 1.